The van der Waals surface area contributed by atoms with Gasteiger partial charge in [0.15, 0.2) is 0 Å². The van der Waals surface area contributed by atoms with E-state index >= 15 is 0 Å². The zero-order chi connectivity index (χ0) is 26.7. The molecule has 0 radical (unpaired) electrons. The maximum absolute atomic E-state index is 14.0. The highest BCUT2D eigenvalue weighted by Crippen LogP contribution is 2.55. The van der Waals surface area contributed by atoms with Crippen LogP contribution in [0.1, 0.15) is 55.3 Å². The molecule has 202 valence electrons. The predicted octanol–water partition coefficient (Wildman–Crippen LogP) is 4.47. The third kappa shape index (κ3) is 4.36. The molecule has 2 aliphatic carbocycles. The van der Waals surface area contributed by atoms with Gasteiger partial charge in [0.25, 0.3) is 0 Å². The predicted molar refractivity (Wildman–Crippen MR) is 131 cm³/mol. The van der Waals surface area contributed by atoms with E-state index in [9.17, 15) is 27.2 Å². The number of pyridine rings is 1. The number of carbonyl (C=O) groups excluding carboxylic acids is 2. The SMILES string of the molecule is O=C1C(N[C@H]2C[C@H]3CCC[C@@]3(C(=O)N3CCc4ncc(C(F)(F)F)cc4C3)C2)CCN1c1ccc(F)cc1. The number of hydrogen-bond acceptors (Lipinski definition) is 4. The summed E-state index contributed by atoms with van der Waals surface area (Å²) in [5.74, 6) is -0.178. The average Bonchev–Trinajstić information content (AvgIpc) is 3.56. The number of carbonyl (C=O) groups is 2. The molecular formula is C28H30F4N4O2. The lowest BCUT2D eigenvalue weighted by Crippen LogP contribution is -2.47. The number of nitrogens with zero attached hydrogens (tertiary/aromatic N) is 3. The van der Waals surface area contributed by atoms with Crippen LogP contribution < -0.4 is 10.2 Å². The Labute approximate surface area is 218 Å². The summed E-state index contributed by atoms with van der Waals surface area (Å²) in [6.07, 6.45) is 1.56. The molecule has 3 heterocycles. The number of anilines is 1. The van der Waals surface area contributed by atoms with Crippen LogP contribution in [0.4, 0.5) is 23.2 Å². The standard InChI is InChI=1S/C28H30F4N4O2/c29-20-3-5-22(6-4-20)36-11-8-24(25(36)37)34-21-13-18-2-1-9-27(18,14-21)26(38)35-10-7-23-17(16-35)12-19(15-33-23)28(30,31)32/h3-6,12,15,18,21,24,34H,1-2,7-11,13-14,16H2/t18-,21+,24?,27-/m1/s1. The number of aromatic nitrogens is 1. The fourth-order valence-corrected chi connectivity index (χ4v) is 7.18. The van der Waals surface area contributed by atoms with Gasteiger partial charge in [0, 0.05) is 49.7 Å². The highest BCUT2D eigenvalue weighted by Gasteiger charge is 2.56. The second-order valence-corrected chi connectivity index (χ2v) is 11.2. The molecule has 10 heteroatoms. The Bertz CT molecular complexity index is 1250. The number of hydrogen-bond donors (Lipinski definition) is 1. The Morgan fingerprint density at radius 2 is 1.92 bits per heavy atom. The molecule has 4 aliphatic rings. The Morgan fingerprint density at radius 1 is 1.13 bits per heavy atom. The third-order valence-corrected chi connectivity index (χ3v) is 9.00. The lowest BCUT2D eigenvalue weighted by molar-refractivity contribution is -0.144. The van der Waals surface area contributed by atoms with Crippen molar-refractivity contribution in [3.8, 4) is 0 Å². The van der Waals surface area contributed by atoms with E-state index in [-0.39, 0.29) is 42.2 Å². The Hall–Kier alpha value is -3.01. The molecule has 1 unspecified atom stereocenters. The summed E-state index contributed by atoms with van der Waals surface area (Å²) in [7, 11) is 0. The first kappa shape index (κ1) is 25.3. The molecule has 2 aromatic rings. The first-order valence-corrected chi connectivity index (χ1v) is 13.3. The zero-order valence-corrected chi connectivity index (χ0v) is 20.9. The average molecular weight is 531 g/mol. The van der Waals surface area contributed by atoms with Gasteiger partial charge >= 0.3 is 6.18 Å². The van der Waals surface area contributed by atoms with Gasteiger partial charge in [-0.05, 0) is 73.9 Å². The fraction of sp³-hybridized carbons (Fsp3) is 0.536. The Balaban J connectivity index is 1.14. The van der Waals surface area contributed by atoms with E-state index in [1.807, 2.05) is 0 Å². The van der Waals surface area contributed by atoms with Crippen LogP contribution in [0.5, 0.6) is 0 Å². The summed E-state index contributed by atoms with van der Waals surface area (Å²) < 4.78 is 53.0. The van der Waals surface area contributed by atoms with Gasteiger partial charge in [0.1, 0.15) is 5.82 Å². The normalized spacial score (nSPS) is 29.1. The summed E-state index contributed by atoms with van der Waals surface area (Å²) in [6.45, 7) is 1.14. The van der Waals surface area contributed by atoms with Gasteiger partial charge in [-0.2, -0.15) is 13.2 Å². The first-order valence-electron chi connectivity index (χ1n) is 13.3. The topological polar surface area (TPSA) is 65.5 Å². The molecule has 4 atom stereocenters. The maximum atomic E-state index is 14.0. The Morgan fingerprint density at radius 3 is 2.68 bits per heavy atom. The molecule has 3 fully saturated rings. The highest BCUT2D eigenvalue weighted by molar-refractivity contribution is 5.99. The van der Waals surface area contributed by atoms with Crippen molar-refractivity contribution in [2.75, 3.05) is 18.0 Å². The minimum atomic E-state index is -4.47. The van der Waals surface area contributed by atoms with Gasteiger partial charge in [-0.15, -0.1) is 0 Å². The van der Waals surface area contributed by atoms with Crippen molar-refractivity contribution in [2.24, 2.45) is 11.3 Å². The van der Waals surface area contributed by atoms with Crippen molar-refractivity contribution in [1.29, 1.82) is 0 Å². The van der Waals surface area contributed by atoms with E-state index in [1.165, 1.54) is 12.1 Å². The van der Waals surface area contributed by atoms with Crippen LogP contribution in [0.15, 0.2) is 36.5 Å². The van der Waals surface area contributed by atoms with Crippen LogP contribution in [0.2, 0.25) is 0 Å². The number of rotatable bonds is 4. The van der Waals surface area contributed by atoms with Crippen LogP contribution in [0.3, 0.4) is 0 Å². The fourth-order valence-electron chi connectivity index (χ4n) is 7.18. The monoisotopic (exact) mass is 530 g/mol. The summed E-state index contributed by atoms with van der Waals surface area (Å²) in [6, 6.07) is 6.68. The summed E-state index contributed by atoms with van der Waals surface area (Å²) in [4.78, 5) is 34.5. The van der Waals surface area contributed by atoms with E-state index < -0.39 is 17.2 Å². The highest BCUT2D eigenvalue weighted by atomic mass is 19.4. The molecule has 2 amide bonds. The molecule has 2 saturated carbocycles. The summed E-state index contributed by atoms with van der Waals surface area (Å²) >= 11 is 0. The molecule has 1 aromatic heterocycles. The number of fused-ring (bicyclic) bond motifs is 2. The molecule has 1 saturated heterocycles. The van der Waals surface area contributed by atoms with Crippen molar-refractivity contribution in [3.05, 3.63) is 59.2 Å². The number of amides is 2. The smallest absolute Gasteiger partial charge is 0.337 e. The summed E-state index contributed by atoms with van der Waals surface area (Å²) in [5.41, 5.74) is 0.435. The second-order valence-electron chi connectivity index (χ2n) is 11.2. The summed E-state index contributed by atoms with van der Waals surface area (Å²) in [5, 5.41) is 3.52. The van der Waals surface area contributed by atoms with Gasteiger partial charge < -0.3 is 15.1 Å². The van der Waals surface area contributed by atoms with Crippen molar-refractivity contribution in [2.45, 2.75) is 69.8 Å². The van der Waals surface area contributed by atoms with E-state index in [2.05, 4.69) is 10.3 Å². The van der Waals surface area contributed by atoms with Gasteiger partial charge in [0.2, 0.25) is 11.8 Å². The van der Waals surface area contributed by atoms with Crippen molar-refractivity contribution in [1.82, 2.24) is 15.2 Å². The molecule has 1 N–H and O–H groups in total. The van der Waals surface area contributed by atoms with E-state index in [1.54, 1.807) is 21.9 Å². The minimum Gasteiger partial charge on any atom is -0.337 e. The number of alkyl halides is 3. The minimum absolute atomic E-state index is 0.0157. The first-order chi connectivity index (χ1) is 18.1. The van der Waals surface area contributed by atoms with Gasteiger partial charge in [0.05, 0.1) is 17.0 Å². The van der Waals surface area contributed by atoms with Gasteiger partial charge in [-0.1, -0.05) is 6.42 Å². The zero-order valence-electron chi connectivity index (χ0n) is 20.9. The molecule has 6 rings (SSSR count). The molecule has 1 aromatic carbocycles. The molecule has 0 bridgehead atoms. The van der Waals surface area contributed by atoms with Crippen molar-refractivity contribution >= 4 is 17.5 Å². The third-order valence-electron chi connectivity index (χ3n) is 9.00. The second kappa shape index (κ2) is 9.32. The Kier molecular flexibility index (Phi) is 6.20. The van der Waals surface area contributed by atoms with E-state index in [0.29, 0.717) is 49.3 Å². The van der Waals surface area contributed by atoms with Crippen LogP contribution in [-0.4, -0.2) is 46.9 Å². The largest absolute Gasteiger partial charge is 0.417 e. The quantitative estimate of drug-likeness (QED) is 0.593. The maximum Gasteiger partial charge on any atom is 0.417 e. The van der Waals surface area contributed by atoms with Gasteiger partial charge in [-0.25, -0.2) is 4.39 Å². The molecule has 0 spiro atoms. The van der Waals surface area contributed by atoms with Crippen LogP contribution in [0.25, 0.3) is 0 Å². The van der Waals surface area contributed by atoms with Crippen molar-refractivity contribution < 1.29 is 27.2 Å². The molecular weight excluding hydrogens is 500 g/mol. The van der Waals surface area contributed by atoms with Crippen molar-refractivity contribution in [3.63, 3.8) is 0 Å². The van der Waals surface area contributed by atoms with E-state index in [0.717, 1.165) is 37.9 Å². The van der Waals surface area contributed by atoms with Crippen LogP contribution in [-0.2, 0) is 28.7 Å². The molecule has 2 aliphatic heterocycles. The van der Waals surface area contributed by atoms with Crippen LogP contribution in [0, 0.1) is 17.2 Å². The number of halogens is 4. The van der Waals surface area contributed by atoms with E-state index in [4.69, 9.17) is 0 Å². The lowest BCUT2D eigenvalue weighted by atomic mass is 9.78. The lowest BCUT2D eigenvalue weighted by Gasteiger charge is -2.37. The van der Waals surface area contributed by atoms with Gasteiger partial charge in [-0.3, -0.25) is 14.6 Å². The number of benzene rings is 1. The van der Waals surface area contributed by atoms with Crippen LogP contribution >= 0.6 is 0 Å². The molecule has 6 nitrogen and oxygen atoms in total. The number of nitrogens with one attached hydrogen (secondary N) is 1. The molecule has 38 heavy (non-hydrogen) atoms.